The first-order valence-corrected chi connectivity index (χ1v) is 6.70. The highest BCUT2D eigenvalue weighted by atomic mass is 15.5. The van der Waals surface area contributed by atoms with E-state index in [2.05, 4.69) is 25.6 Å². The molecule has 0 aromatic carbocycles. The van der Waals surface area contributed by atoms with Crippen LogP contribution < -0.4 is 5.32 Å². The molecule has 0 aliphatic heterocycles. The maximum absolute atomic E-state index is 4.35. The molecule has 0 atom stereocenters. The summed E-state index contributed by atoms with van der Waals surface area (Å²) in [6, 6.07) is 0.452. The Kier molecular flexibility index (Phi) is 3.08. The van der Waals surface area contributed by atoms with Crippen molar-refractivity contribution in [2.45, 2.75) is 45.1 Å². The van der Waals surface area contributed by atoms with Gasteiger partial charge in [0.25, 0.3) is 0 Å². The third-order valence-electron chi connectivity index (χ3n) is 3.53. The summed E-state index contributed by atoms with van der Waals surface area (Å²) in [5.41, 5.74) is 1.64. The molecule has 2 aromatic rings. The Bertz CT molecular complexity index is 528. The highest BCUT2D eigenvalue weighted by Crippen LogP contribution is 2.29. The van der Waals surface area contributed by atoms with Crippen LogP contribution in [0.5, 0.6) is 0 Å². The van der Waals surface area contributed by atoms with Crippen molar-refractivity contribution < 1.29 is 0 Å². The molecule has 0 bridgehead atoms. The summed E-state index contributed by atoms with van der Waals surface area (Å²) >= 11 is 0. The molecule has 1 aliphatic carbocycles. The van der Waals surface area contributed by atoms with Gasteiger partial charge in [-0.05, 0) is 19.8 Å². The third-order valence-corrected chi connectivity index (χ3v) is 3.53. The summed E-state index contributed by atoms with van der Waals surface area (Å²) < 4.78 is 1.98. The smallest absolute Gasteiger partial charge is 0.184 e. The molecule has 0 spiro atoms. The monoisotopic (exact) mass is 246 g/mol. The summed E-state index contributed by atoms with van der Waals surface area (Å²) in [7, 11) is 0. The second-order valence-electron chi connectivity index (χ2n) is 4.75. The van der Waals surface area contributed by atoms with E-state index in [1.54, 1.807) is 6.33 Å². The van der Waals surface area contributed by atoms with Crippen molar-refractivity contribution in [2.24, 2.45) is 0 Å². The second kappa shape index (κ2) is 4.88. The Labute approximate surface area is 106 Å². The van der Waals surface area contributed by atoms with E-state index in [9.17, 15) is 0 Å². The number of rotatable bonds is 3. The van der Waals surface area contributed by atoms with Gasteiger partial charge < -0.3 is 5.32 Å². The van der Waals surface area contributed by atoms with Crippen LogP contribution in [0.1, 0.15) is 45.1 Å². The van der Waals surface area contributed by atoms with Crippen molar-refractivity contribution in [1.29, 1.82) is 0 Å². The average Bonchev–Trinajstić information content (AvgIpc) is 2.85. The first-order chi connectivity index (χ1) is 8.90. The van der Waals surface area contributed by atoms with Crippen molar-refractivity contribution in [3.63, 3.8) is 0 Å². The standard InChI is InChI=1S/C12H18N6/c1-2-13-11-10-12(15-8-14-11)18(17-16-10)9-6-4-3-5-7-9/h8-9H,2-7H2,1H3,(H,13,14,15). The Morgan fingerprint density at radius 2 is 2.11 bits per heavy atom. The van der Waals surface area contributed by atoms with Crippen LogP contribution in [0.4, 0.5) is 5.82 Å². The number of fused-ring (bicyclic) bond motifs is 1. The van der Waals surface area contributed by atoms with Crippen molar-refractivity contribution >= 4 is 17.0 Å². The molecule has 1 N–H and O–H groups in total. The predicted octanol–water partition coefficient (Wildman–Crippen LogP) is 2.16. The maximum Gasteiger partial charge on any atom is 0.184 e. The van der Waals surface area contributed by atoms with Crippen molar-refractivity contribution in [1.82, 2.24) is 25.0 Å². The molecule has 1 saturated carbocycles. The summed E-state index contributed by atoms with van der Waals surface area (Å²) in [5.74, 6) is 0.782. The van der Waals surface area contributed by atoms with Crippen LogP contribution in [-0.4, -0.2) is 31.5 Å². The van der Waals surface area contributed by atoms with Gasteiger partial charge in [-0.1, -0.05) is 24.5 Å². The van der Waals surface area contributed by atoms with Crippen LogP contribution in [-0.2, 0) is 0 Å². The molecule has 1 aliphatic rings. The molecule has 2 aromatic heterocycles. The molecule has 96 valence electrons. The molecule has 0 saturated heterocycles. The minimum atomic E-state index is 0.452. The molecule has 1 fully saturated rings. The van der Waals surface area contributed by atoms with Gasteiger partial charge in [-0.15, -0.1) is 5.10 Å². The average molecular weight is 246 g/mol. The number of nitrogens with zero attached hydrogens (tertiary/aromatic N) is 5. The predicted molar refractivity (Wildman–Crippen MR) is 69.4 cm³/mol. The van der Waals surface area contributed by atoms with E-state index >= 15 is 0 Å². The van der Waals surface area contributed by atoms with Gasteiger partial charge in [0, 0.05) is 6.54 Å². The summed E-state index contributed by atoms with van der Waals surface area (Å²) in [6.07, 6.45) is 7.83. The van der Waals surface area contributed by atoms with E-state index in [0.717, 1.165) is 23.5 Å². The van der Waals surface area contributed by atoms with Crippen molar-refractivity contribution in [3.05, 3.63) is 6.33 Å². The Morgan fingerprint density at radius 1 is 1.28 bits per heavy atom. The lowest BCUT2D eigenvalue weighted by Gasteiger charge is -2.21. The maximum atomic E-state index is 4.35. The minimum Gasteiger partial charge on any atom is -0.368 e. The summed E-state index contributed by atoms with van der Waals surface area (Å²) in [6.45, 7) is 2.86. The number of nitrogens with one attached hydrogen (secondary N) is 1. The molecule has 6 nitrogen and oxygen atoms in total. The summed E-state index contributed by atoms with van der Waals surface area (Å²) in [4.78, 5) is 8.56. The normalized spacial score (nSPS) is 17.2. The topological polar surface area (TPSA) is 68.5 Å². The van der Waals surface area contributed by atoms with Gasteiger partial charge in [0.1, 0.15) is 6.33 Å². The quantitative estimate of drug-likeness (QED) is 0.898. The van der Waals surface area contributed by atoms with Crippen LogP contribution in [0.3, 0.4) is 0 Å². The van der Waals surface area contributed by atoms with Gasteiger partial charge in [0.05, 0.1) is 6.04 Å². The zero-order valence-corrected chi connectivity index (χ0v) is 10.6. The lowest BCUT2D eigenvalue weighted by molar-refractivity contribution is 0.330. The van der Waals surface area contributed by atoms with Gasteiger partial charge >= 0.3 is 0 Å². The molecule has 3 rings (SSSR count). The Morgan fingerprint density at radius 3 is 2.89 bits per heavy atom. The van der Waals surface area contributed by atoms with Crippen LogP contribution in [0, 0.1) is 0 Å². The van der Waals surface area contributed by atoms with Crippen LogP contribution in [0.2, 0.25) is 0 Å². The molecule has 2 heterocycles. The van der Waals surface area contributed by atoms with E-state index in [1.165, 1.54) is 32.1 Å². The SMILES string of the molecule is CCNc1ncnc2c1nnn2C1CCCCC1. The van der Waals surface area contributed by atoms with Crippen LogP contribution in [0.25, 0.3) is 11.2 Å². The van der Waals surface area contributed by atoms with Crippen LogP contribution in [0.15, 0.2) is 6.33 Å². The molecule has 0 amide bonds. The number of hydrogen-bond acceptors (Lipinski definition) is 5. The van der Waals surface area contributed by atoms with E-state index in [-0.39, 0.29) is 0 Å². The van der Waals surface area contributed by atoms with Gasteiger partial charge in [-0.3, -0.25) is 0 Å². The molecule has 18 heavy (non-hydrogen) atoms. The molecule has 0 radical (unpaired) electrons. The van der Waals surface area contributed by atoms with Gasteiger partial charge in [-0.25, -0.2) is 14.6 Å². The van der Waals surface area contributed by atoms with Gasteiger partial charge in [0.15, 0.2) is 17.0 Å². The minimum absolute atomic E-state index is 0.452. The molecular formula is C12H18N6. The fourth-order valence-corrected chi connectivity index (χ4v) is 2.63. The van der Waals surface area contributed by atoms with E-state index in [0.29, 0.717) is 6.04 Å². The van der Waals surface area contributed by atoms with Crippen LogP contribution >= 0.6 is 0 Å². The molecular weight excluding hydrogens is 228 g/mol. The largest absolute Gasteiger partial charge is 0.368 e. The lowest BCUT2D eigenvalue weighted by Crippen LogP contribution is -2.14. The van der Waals surface area contributed by atoms with Crippen molar-refractivity contribution in [3.8, 4) is 0 Å². The number of aromatic nitrogens is 5. The van der Waals surface area contributed by atoms with E-state index < -0.39 is 0 Å². The molecule has 0 unspecified atom stereocenters. The number of hydrogen-bond donors (Lipinski definition) is 1. The first kappa shape index (κ1) is 11.4. The highest BCUT2D eigenvalue weighted by molar-refractivity contribution is 5.81. The fraction of sp³-hybridized carbons (Fsp3) is 0.667. The molecule has 6 heteroatoms. The van der Waals surface area contributed by atoms with E-state index in [1.807, 2.05) is 11.6 Å². The van der Waals surface area contributed by atoms with E-state index in [4.69, 9.17) is 0 Å². The Hall–Kier alpha value is -1.72. The summed E-state index contributed by atoms with van der Waals surface area (Å²) in [5, 5.41) is 11.7. The lowest BCUT2D eigenvalue weighted by atomic mass is 9.96. The fourth-order valence-electron chi connectivity index (χ4n) is 2.63. The van der Waals surface area contributed by atoms with Gasteiger partial charge in [0.2, 0.25) is 0 Å². The number of anilines is 1. The highest BCUT2D eigenvalue weighted by Gasteiger charge is 2.20. The first-order valence-electron chi connectivity index (χ1n) is 6.70. The zero-order chi connectivity index (χ0) is 12.4. The Balaban J connectivity index is 2.00. The zero-order valence-electron chi connectivity index (χ0n) is 10.6. The van der Waals surface area contributed by atoms with Crippen molar-refractivity contribution in [2.75, 3.05) is 11.9 Å². The van der Waals surface area contributed by atoms with Gasteiger partial charge in [-0.2, -0.15) is 0 Å². The third kappa shape index (κ3) is 1.91. The second-order valence-corrected chi connectivity index (χ2v) is 4.75.